The SMILES string of the molecule is O=C1CCC(=O)N1CCNC1CCCC1. The second-order valence-corrected chi connectivity index (χ2v) is 4.37. The fourth-order valence-corrected chi connectivity index (χ4v) is 2.38. The first-order chi connectivity index (χ1) is 7.27. The number of rotatable bonds is 4. The van der Waals surface area contributed by atoms with Gasteiger partial charge in [0, 0.05) is 32.0 Å². The van der Waals surface area contributed by atoms with E-state index < -0.39 is 0 Å². The Balaban J connectivity index is 1.68. The van der Waals surface area contributed by atoms with Crippen molar-refractivity contribution in [2.45, 2.75) is 44.6 Å². The van der Waals surface area contributed by atoms with Crippen molar-refractivity contribution in [3.63, 3.8) is 0 Å². The van der Waals surface area contributed by atoms with E-state index in [9.17, 15) is 9.59 Å². The molecule has 2 amide bonds. The topological polar surface area (TPSA) is 49.4 Å². The van der Waals surface area contributed by atoms with E-state index in [1.165, 1.54) is 30.6 Å². The van der Waals surface area contributed by atoms with Crippen molar-refractivity contribution in [2.75, 3.05) is 13.1 Å². The van der Waals surface area contributed by atoms with Crippen molar-refractivity contribution in [2.24, 2.45) is 0 Å². The van der Waals surface area contributed by atoms with Crippen LogP contribution >= 0.6 is 0 Å². The molecule has 1 N–H and O–H groups in total. The summed E-state index contributed by atoms with van der Waals surface area (Å²) in [5.74, 6) is -0.0126. The number of nitrogens with zero attached hydrogens (tertiary/aromatic N) is 1. The van der Waals surface area contributed by atoms with E-state index >= 15 is 0 Å². The Hall–Kier alpha value is -0.900. The van der Waals surface area contributed by atoms with Crippen molar-refractivity contribution in [1.29, 1.82) is 0 Å². The second kappa shape index (κ2) is 4.75. The van der Waals surface area contributed by atoms with Crippen LogP contribution in [0.15, 0.2) is 0 Å². The Bertz CT molecular complexity index is 243. The first-order valence-corrected chi connectivity index (χ1v) is 5.84. The van der Waals surface area contributed by atoms with E-state index in [0.717, 1.165) is 6.54 Å². The van der Waals surface area contributed by atoms with Crippen molar-refractivity contribution >= 4 is 11.8 Å². The van der Waals surface area contributed by atoms with E-state index in [2.05, 4.69) is 5.32 Å². The van der Waals surface area contributed by atoms with Gasteiger partial charge in [0.15, 0.2) is 0 Å². The third kappa shape index (κ3) is 2.56. The summed E-state index contributed by atoms with van der Waals surface area (Å²) >= 11 is 0. The van der Waals surface area contributed by atoms with Gasteiger partial charge >= 0.3 is 0 Å². The standard InChI is InChI=1S/C11H18N2O2/c14-10-5-6-11(15)13(10)8-7-12-9-3-1-2-4-9/h9,12H,1-8H2. The number of hydrogen-bond donors (Lipinski definition) is 1. The van der Waals surface area contributed by atoms with Crippen molar-refractivity contribution in [1.82, 2.24) is 10.2 Å². The molecule has 1 heterocycles. The van der Waals surface area contributed by atoms with Crippen LogP contribution in [0.3, 0.4) is 0 Å². The minimum absolute atomic E-state index is 0.00628. The van der Waals surface area contributed by atoms with E-state index in [4.69, 9.17) is 0 Å². The highest BCUT2D eigenvalue weighted by atomic mass is 16.2. The summed E-state index contributed by atoms with van der Waals surface area (Å²) < 4.78 is 0. The fraction of sp³-hybridized carbons (Fsp3) is 0.818. The highest BCUT2D eigenvalue weighted by Crippen LogP contribution is 2.17. The average Bonchev–Trinajstić information content (AvgIpc) is 2.82. The molecule has 15 heavy (non-hydrogen) atoms. The molecule has 0 atom stereocenters. The summed E-state index contributed by atoms with van der Waals surface area (Å²) in [4.78, 5) is 24.0. The highest BCUT2D eigenvalue weighted by molar-refractivity contribution is 6.01. The first-order valence-electron chi connectivity index (χ1n) is 5.84. The van der Waals surface area contributed by atoms with Crippen LogP contribution in [-0.4, -0.2) is 35.8 Å². The van der Waals surface area contributed by atoms with Crippen LogP contribution in [0.5, 0.6) is 0 Å². The van der Waals surface area contributed by atoms with Gasteiger partial charge in [0.2, 0.25) is 11.8 Å². The number of carbonyl (C=O) groups excluding carboxylic acids is 2. The van der Waals surface area contributed by atoms with Crippen LogP contribution in [0.1, 0.15) is 38.5 Å². The quantitative estimate of drug-likeness (QED) is 0.694. The Morgan fingerprint density at radius 3 is 2.33 bits per heavy atom. The molecule has 2 rings (SSSR count). The molecular formula is C11H18N2O2. The predicted octanol–water partition coefficient (Wildman–Crippen LogP) is 0.668. The third-order valence-corrected chi connectivity index (χ3v) is 3.28. The number of imide groups is 1. The number of nitrogens with one attached hydrogen (secondary N) is 1. The number of likely N-dealkylation sites (tertiary alicyclic amines) is 1. The fourth-order valence-electron chi connectivity index (χ4n) is 2.38. The molecule has 2 aliphatic rings. The van der Waals surface area contributed by atoms with Crippen LogP contribution in [-0.2, 0) is 9.59 Å². The van der Waals surface area contributed by atoms with Crippen molar-refractivity contribution in [3.8, 4) is 0 Å². The normalized spacial score (nSPS) is 23.1. The molecule has 0 bridgehead atoms. The maximum atomic E-state index is 11.3. The summed E-state index contributed by atoms with van der Waals surface area (Å²) in [6.07, 6.45) is 5.90. The molecule has 84 valence electrons. The van der Waals surface area contributed by atoms with Gasteiger partial charge < -0.3 is 5.32 Å². The lowest BCUT2D eigenvalue weighted by Gasteiger charge is -2.16. The van der Waals surface area contributed by atoms with E-state index in [-0.39, 0.29) is 11.8 Å². The predicted molar refractivity (Wildman–Crippen MR) is 56.2 cm³/mol. The maximum absolute atomic E-state index is 11.3. The Morgan fingerprint density at radius 2 is 1.73 bits per heavy atom. The van der Waals surface area contributed by atoms with Gasteiger partial charge in [0.1, 0.15) is 0 Å². The van der Waals surface area contributed by atoms with E-state index in [1.807, 2.05) is 0 Å². The Kier molecular flexibility index (Phi) is 3.36. The number of amides is 2. The summed E-state index contributed by atoms with van der Waals surface area (Å²) in [5.41, 5.74) is 0. The van der Waals surface area contributed by atoms with Gasteiger partial charge in [0.25, 0.3) is 0 Å². The zero-order chi connectivity index (χ0) is 10.7. The molecular weight excluding hydrogens is 192 g/mol. The molecule has 1 aliphatic heterocycles. The largest absolute Gasteiger partial charge is 0.312 e. The summed E-state index contributed by atoms with van der Waals surface area (Å²) in [7, 11) is 0. The first kappa shape index (κ1) is 10.6. The van der Waals surface area contributed by atoms with Crippen LogP contribution in [0, 0.1) is 0 Å². The molecule has 0 aromatic rings. The highest BCUT2D eigenvalue weighted by Gasteiger charge is 2.28. The van der Waals surface area contributed by atoms with Gasteiger partial charge in [-0.15, -0.1) is 0 Å². The Labute approximate surface area is 90.0 Å². The van der Waals surface area contributed by atoms with Gasteiger partial charge in [0.05, 0.1) is 0 Å². The zero-order valence-electron chi connectivity index (χ0n) is 9.00. The lowest BCUT2D eigenvalue weighted by Crippen LogP contribution is -2.38. The molecule has 0 aromatic heterocycles. The molecule has 0 spiro atoms. The molecule has 1 saturated carbocycles. The second-order valence-electron chi connectivity index (χ2n) is 4.37. The molecule has 2 fully saturated rings. The van der Waals surface area contributed by atoms with Gasteiger partial charge in [-0.3, -0.25) is 14.5 Å². The maximum Gasteiger partial charge on any atom is 0.229 e. The van der Waals surface area contributed by atoms with Gasteiger partial charge in [-0.2, -0.15) is 0 Å². The van der Waals surface area contributed by atoms with Crippen molar-refractivity contribution in [3.05, 3.63) is 0 Å². The smallest absolute Gasteiger partial charge is 0.229 e. The number of carbonyl (C=O) groups is 2. The molecule has 0 aromatic carbocycles. The van der Waals surface area contributed by atoms with Gasteiger partial charge in [-0.1, -0.05) is 12.8 Å². The van der Waals surface area contributed by atoms with Crippen LogP contribution in [0.2, 0.25) is 0 Å². The van der Waals surface area contributed by atoms with Gasteiger partial charge in [-0.25, -0.2) is 0 Å². The van der Waals surface area contributed by atoms with E-state index in [0.29, 0.717) is 25.4 Å². The van der Waals surface area contributed by atoms with Crippen LogP contribution in [0.25, 0.3) is 0 Å². The van der Waals surface area contributed by atoms with Crippen LogP contribution in [0.4, 0.5) is 0 Å². The summed E-state index contributed by atoms with van der Waals surface area (Å²) in [6.45, 7) is 1.30. The minimum Gasteiger partial charge on any atom is -0.312 e. The zero-order valence-corrected chi connectivity index (χ0v) is 9.00. The van der Waals surface area contributed by atoms with E-state index in [1.54, 1.807) is 0 Å². The molecule has 4 nitrogen and oxygen atoms in total. The third-order valence-electron chi connectivity index (χ3n) is 3.28. The molecule has 0 radical (unpaired) electrons. The lowest BCUT2D eigenvalue weighted by atomic mass is 10.2. The lowest BCUT2D eigenvalue weighted by molar-refractivity contribution is -0.138. The number of hydrogen-bond acceptors (Lipinski definition) is 3. The molecule has 4 heteroatoms. The Morgan fingerprint density at radius 1 is 1.13 bits per heavy atom. The summed E-state index contributed by atoms with van der Waals surface area (Å²) in [5, 5.41) is 3.40. The monoisotopic (exact) mass is 210 g/mol. The molecule has 1 aliphatic carbocycles. The summed E-state index contributed by atoms with van der Waals surface area (Å²) in [6, 6.07) is 0.609. The average molecular weight is 210 g/mol. The minimum atomic E-state index is -0.00628. The molecule has 1 saturated heterocycles. The van der Waals surface area contributed by atoms with Crippen molar-refractivity contribution < 1.29 is 9.59 Å². The van der Waals surface area contributed by atoms with Crippen LogP contribution < -0.4 is 5.32 Å². The molecule has 0 unspecified atom stereocenters. The van der Waals surface area contributed by atoms with Gasteiger partial charge in [-0.05, 0) is 12.8 Å².